The molecule has 0 unspecified atom stereocenters. The Kier molecular flexibility index (Phi) is 4.42. The molecule has 0 atom stereocenters. The third-order valence-corrected chi connectivity index (χ3v) is 7.59. The van der Waals surface area contributed by atoms with Gasteiger partial charge in [-0.15, -0.1) is 0 Å². The van der Waals surface area contributed by atoms with E-state index in [0.29, 0.717) is 5.92 Å². The maximum absolute atomic E-state index is 6.40. The summed E-state index contributed by atoms with van der Waals surface area (Å²) in [6.07, 6.45) is 1.92. The molecule has 6 aromatic rings. The lowest BCUT2D eigenvalue weighted by molar-refractivity contribution is 0.571. The van der Waals surface area contributed by atoms with Gasteiger partial charge in [0.15, 0.2) is 0 Å². The van der Waals surface area contributed by atoms with Gasteiger partial charge in [-0.1, -0.05) is 85.1 Å². The van der Waals surface area contributed by atoms with E-state index in [1.54, 1.807) is 0 Å². The Bertz CT molecular complexity index is 1680. The summed E-state index contributed by atoms with van der Waals surface area (Å²) in [7, 11) is 4.64. The number of benzene rings is 4. The van der Waals surface area contributed by atoms with Crippen LogP contribution in [0.2, 0.25) is 0 Å². The first-order valence-corrected chi connectivity index (χ1v) is 11.7. The highest BCUT2D eigenvalue weighted by atomic mass is 16.3. The van der Waals surface area contributed by atoms with Gasteiger partial charge >= 0.3 is 0 Å². The molecule has 0 amide bonds. The Morgan fingerprint density at radius 3 is 2.39 bits per heavy atom. The molecule has 0 aliphatic heterocycles. The SMILES string of the molecule is BC(B)(c1ccc2c(-c3ccc4c(c3)oc3c5ccccc5ccc43)nccc2c1)C(C)C. The second-order valence-corrected chi connectivity index (χ2v) is 9.95. The lowest BCUT2D eigenvalue weighted by Gasteiger charge is -2.30. The molecule has 0 spiro atoms. The first kappa shape index (κ1) is 20.1. The van der Waals surface area contributed by atoms with Crippen LogP contribution in [0.5, 0.6) is 0 Å². The fourth-order valence-electron chi connectivity index (χ4n) is 4.79. The van der Waals surface area contributed by atoms with Gasteiger partial charge in [0.25, 0.3) is 0 Å². The van der Waals surface area contributed by atoms with Crippen molar-refractivity contribution in [2.75, 3.05) is 0 Å². The van der Waals surface area contributed by atoms with Crippen molar-refractivity contribution in [2.45, 2.75) is 19.1 Å². The molecule has 0 aliphatic carbocycles. The van der Waals surface area contributed by atoms with Crippen molar-refractivity contribution >= 4 is 59.2 Å². The van der Waals surface area contributed by atoms with E-state index in [4.69, 9.17) is 9.40 Å². The normalized spacial score (nSPS) is 12.5. The van der Waals surface area contributed by atoms with E-state index in [0.717, 1.165) is 38.6 Å². The lowest BCUT2D eigenvalue weighted by Crippen LogP contribution is -2.33. The highest BCUT2D eigenvalue weighted by molar-refractivity contribution is 6.40. The quantitative estimate of drug-likeness (QED) is 0.324. The summed E-state index contributed by atoms with van der Waals surface area (Å²) in [6, 6.07) is 28.1. The molecule has 2 heterocycles. The van der Waals surface area contributed by atoms with Gasteiger partial charge in [0.2, 0.25) is 0 Å². The molecule has 33 heavy (non-hydrogen) atoms. The molecule has 0 bridgehead atoms. The third-order valence-electron chi connectivity index (χ3n) is 7.59. The van der Waals surface area contributed by atoms with Crippen LogP contribution in [0.15, 0.2) is 89.5 Å². The molecule has 0 aliphatic rings. The summed E-state index contributed by atoms with van der Waals surface area (Å²) in [5, 5.41) is 7.15. The largest absolute Gasteiger partial charge is 0.455 e. The molecular weight excluding hydrogens is 400 g/mol. The minimum atomic E-state index is 0.119. The van der Waals surface area contributed by atoms with Crippen molar-refractivity contribution in [2.24, 2.45) is 5.92 Å². The van der Waals surface area contributed by atoms with E-state index < -0.39 is 0 Å². The zero-order valence-electron chi connectivity index (χ0n) is 19.5. The molecule has 0 N–H and O–H groups in total. The second kappa shape index (κ2) is 7.25. The smallest absolute Gasteiger partial charge is 0.143 e. The molecular formula is C29H25B2NO. The number of fused-ring (bicyclic) bond motifs is 6. The minimum absolute atomic E-state index is 0.119. The number of aromatic nitrogens is 1. The number of furan rings is 1. The van der Waals surface area contributed by atoms with Gasteiger partial charge in [0.05, 0.1) is 5.69 Å². The number of rotatable bonds is 3. The monoisotopic (exact) mass is 425 g/mol. The van der Waals surface area contributed by atoms with E-state index in [2.05, 4.69) is 108 Å². The molecule has 4 heteroatoms. The summed E-state index contributed by atoms with van der Waals surface area (Å²) in [6.45, 7) is 4.57. The summed E-state index contributed by atoms with van der Waals surface area (Å²) >= 11 is 0. The van der Waals surface area contributed by atoms with Crippen molar-refractivity contribution in [3.05, 3.63) is 90.6 Å². The van der Waals surface area contributed by atoms with Gasteiger partial charge < -0.3 is 4.42 Å². The zero-order chi connectivity index (χ0) is 22.7. The Morgan fingerprint density at radius 1 is 0.758 bits per heavy atom. The average molecular weight is 425 g/mol. The topological polar surface area (TPSA) is 26.0 Å². The molecule has 2 aromatic heterocycles. The highest BCUT2D eigenvalue weighted by Gasteiger charge is 2.25. The first-order chi connectivity index (χ1) is 15.9. The van der Waals surface area contributed by atoms with Gasteiger partial charge in [-0.3, -0.25) is 4.98 Å². The van der Waals surface area contributed by atoms with Crippen LogP contribution in [0.1, 0.15) is 19.4 Å². The van der Waals surface area contributed by atoms with Crippen LogP contribution >= 0.6 is 0 Å². The maximum Gasteiger partial charge on any atom is 0.143 e. The first-order valence-electron chi connectivity index (χ1n) is 11.7. The number of hydrogen-bond acceptors (Lipinski definition) is 2. The molecule has 0 fully saturated rings. The van der Waals surface area contributed by atoms with Crippen LogP contribution in [-0.2, 0) is 5.21 Å². The Morgan fingerprint density at radius 2 is 1.55 bits per heavy atom. The maximum atomic E-state index is 6.40. The van der Waals surface area contributed by atoms with E-state index in [-0.39, 0.29) is 5.21 Å². The average Bonchev–Trinajstić information content (AvgIpc) is 3.21. The van der Waals surface area contributed by atoms with E-state index in [9.17, 15) is 0 Å². The van der Waals surface area contributed by atoms with Crippen molar-refractivity contribution < 1.29 is 4.42 Å². The number of nitrogens with zero attached hydrogens (tertiary/aromatic N) is 1. The van der Waals surface area contributed by atoms with Crippen molar-refractivity contribution in [1.29, 1.82) is 0 Å². The molecule has 0 saturated carbocycles. The lowest BCUT2D eigenvalue weighted by atomic mass is 9.46. The summed E-state index contributed by atoms with van der Waals surface area (Å²) < 4.78 is 6.40. The van der Waals surface area contributed by atoms with Gasteiger partial charge in [0.1, 0.15) is 26.9 Å². The van der Waals surface area contributed by atoms with Crippen LogP contribution in [0.3, 0.4) is 0 Å². The summed E-state index contributed by atoms with van der Waals surface area (Å²) in [5.41, 5.74) is 5.28. The van der Waals surface area contributed by atoms with Crippen molar-refractivity contribution in [3.63, 3.8) is 0 Å². The molecule has 2 nitrogen and oxygen atoms in total. The van der Waals surface area contributed by atoms with Crippen LogP contribution in [-0.4, -0.2) is 20.7 Å². The standard InChI is InChI=1S/C29H25B2NO/c1-17(2)29(30,31)21-9-12-22-19(15-21)13-14-32-27(22)20-8-10-24-25-11-7-18-5-3-4-6-23(18)28(25)33-26(24)16-20/h3-17H,30-31H2,1-2H3. The Labute approximate surface area is 195 Å². The molecule has 6 rings (SSSR count). The molecule has 4 aromatic carbocycles. The minimum Gasteiger partial charge on any atom is -0.455 e. The second-order valence-electron chi connectivity index (χ2n) is 9.95. The molecule has 0 radical (unpaired) electrons. The van der Waals surface area contributed by atoms with E-state index >= 15 is 0 Å². The van der Waals surface area contributed by atoms with Gasteiger partial charge in [-0.2, -0.15) is 0 Å². The van der Waals surface area contributed by atoms with E-state index in [1.807, 2.05) is 6.20 Å². The number of hydrogen-bond donors (Lipinski definition) is 0. The highest BCUT2D eigenvalue weighted by Crippen LogP contribution is 2.37. The fraction of sp³-hybridized carbons (Fsp3) is 0.138. The summed E-state index contributed by atoms with van der Waals surface area (Å²) in [4.78, 5) is 4.77. The fourth-order valence-corrected chi connectivity index (χ4v) is 4.79. The van der Waals surface area contributed by atoms with Crippen LogP contribution in [0.25, 0.3) is 54.7 Å². The number of pyridine rings is 1. The third kappa shape index (κ3) is 3.08. The van der Waals surface area contributed by atoms with Gasteiger partial charge in [-0.05, 0) is 35.0 Å². The van der Waals surface area contributed by atoms with E-state index in [1.165, 1.54) is 21.7 Å². The molecule has 0 saturated heterocycles. The predicted molar refractivity (Wildman–Crippen MR) is 146 cm³/mol. The Balaban J connectivity index is 1.53. The van der Waals surface area contributed by atoms with Gasteiger partial charge in [0, 0.05) is 33.3 Å². The summed E-state index contributed by atoms with van der Waals surface area (Å²) in [5.74, 6) is 0.558. The molecule has 158 valence electrons. The van der Waals surface area contributed by atoms with Crippen LogP contribution < -0.4 is 0 Å². The van der Waals surface area contributed by atoms with Crippen molar-refractivity contribution in [3.8, 4) is 11.3 Å². The van der Waals surface area contributed by atoms with Crippen LogP contribution in [0.4, 0.5) is 0 Å². The van der Waals surface area contributed by atoms with Crippen LogP contribution in [0, 0.1) is 5.92 Å². The van der Waals surface area contributed by atoms with Crippen molar-refractivity contribution in [1.82, 2.24) is 4.98 Å². The Hall–Kier alpha value is -3.52. The van der Waals surface area contributed by atoms with Gasteiger partial charge in [-0.25, -0.2) is 0 Å². The zero-order valence-corrected chi connectivity index (χ0v) is 19.5. The predicted octanol–water partition coefficient (Wildman–Crippen LogP) is 6.03.